The molecule has 0 aromatic carbocycles. The SMILES string of the molecule is C.C.C.C.C.C.C.C.C.C.CC1CCC(C(C)(C)C2CCC(C)CC2)CC1.CC1CCC(C)CC1.CC1CCC(C2CCC(C)CC2)CC1.CC1CCC(CC2CCC(C)CC2)CC1.CC1CCC2CC(C)CCC2C1.CCC1CCC(C(C)(C)C2CCC(CC)CC2)CC1.CCC1CCC(C)CC1.CCC1CCC(C2CCC(CC)CC2)CC1.CCC1CCC(CC2CCC(CC)CC2)CC1.CCCC1CCC(CCC)CC1. The Labute approximate surface area is 953 Å². The standard InChI is InChI=1S/C19H36.2C17H32.C16H30.C15H28.C14H26.C12H22.C12H24.C9H18.C8H16.10CH4/c1-5-15-7-11-17(12-8-15)19(3,4)18-13-9-16(6-2)10-14-18;1-13-5-9-15(10-6-13)17(3,4)16-11-7-14(2)8-12-16;1-3-14-5-9-16(10-6-14)13-17-11-7-15(4-2)8-12-17;1-3-13-5-9-15(10-6-13)16-11-7-14(4-2)8-12-16;1-12-3-7-14(8-4-12)11-15-9-5-13(2)6-10-15;1-11-3-7-13(8-4-11)14-9-5-12(2)6-10-14;1-9-3-5-12-8-10(2)4-6-11(12)7-9;1-3-5-11-7-9-12(6-4-2)10-8-11;1-3-9-6-4-8(2)5-7-9;1-7-3-5-8(2)6-4-7;;;;;;;;;;/h15-18H,5-14H2,1-4H3;13-16H,5-12H2,1-4H3;14-17H,3-13H2,1-2H3;13-16H,3-12H2,1-2H3;12-15H,3-11H2,1-2H3;11-14H,3-10H2,1-2H3;9-12H,3-8H2,1-2H3;11-12H,3-10H2,1-2H3;8-9H,3-7H2,1-2H3;7-8H,3-6H2,1-2H3;10*1H4. The van der Waals surface area contributed by atoms with Crippen LogP contribution in [0.4, 0.5) is 0 Å². The van der Waals surface area contributed by atoms with Crippen LogP contribution < -0.4 is 0 Å². The molecule has 0 spiro atoms. The van der Waals surface area contributed by atoms with Crippen LogP contribution in [0.5, 0.6) is 0 Å². The first kappa shape index (κ1) is 153. The molecule has 0 heterocycles. The Morgan fingerprint density at radius 3 is 0.450 bits per heavy atom. The van der Waals surface area contributed by atoms with Gasteiger partial charge in [0, 0.05) is 0 Å². The van der Waals surface area contributed by atoms with E-state index >= 15 is 0 Å². The van der Waals surface area contributed by atoms with Gasteiger partial charge in [-0.1, -0.05) is 606 Å². The molecule has 17 saturated carbocycles. The highest BCUT2D eigenvalue weighted by Gasteiger charge is 2.43. The zero-order chi connectivity index (χ0) is 100. The Balaban J connectivity index is -0.00000159. The summed E-state index contributed by atoms with van der Waals surface area (Å²) in [6.45, 7) is 58.1. The lowest BCUT2D eigenvalue weighted by Gasteiger charge is -2.46. The van der Waals surface area contributed by atoms with Crippen molar-refractivity contribution in [1.82, 2.24) is 0 Å². The van der Waals surface area contributed by atoms with Crippen LogP contribution in [-0.2, 0) is 0 Å². The molecule has 17 fully saturated rings. The van der Waals surface area contributed by atoms with E-state index in [0.717, 1.165) is 201 Å². The fourth-order valence-corrected chi connectivity index (χ4v) is 33.9. The molecule has 0 bridgehead atoms. The van der Waals surface area contributed by atoms with Crippen molar-refractivity contribution in [3.63, 3.8) is 0 Å². The van der Waals surface area contributed by atoms with Crippen LogP contribution in [0.25, 0.3) is 0 Å². The van der Waals surface area contributed by atoms with Gasteiger partial charge in [0.25, 0.3) is 0 Å². The van der Waals surface area contributed by atoms with Crippen LogP contribution in [0.1, 0.15) is 748 Å². The van der Waals surface area contributed by atoms with Crippen molar-refractivity contribution in [3.05, 3.63) is 0 Å². The van der Waals surface area contributed by atoms with Crippen molar-refractivity contribution >= 4 is 0 Å². The first-order valence-corrected chi connectivity index (χ1v) is 66.9. The van der Waals surface area contributed by atoms with Gasteiger partial charge >= 0.3 is 0 Å². The molecule has 4 unspecified atom stereocenters. The van der Waals surface area contributed by atoms with E-state index in [4.69, 9.17) is 0 Å². The lowest BCUT2D eigenvalue weighted by atomic mass is 9.59. The van der Waals surface area contributed by atoms with Gasteiger partial charge in [-0.15, -0.1) is 0 Å². The topological polar surface area (TPSA) is 0 Å². The molecular weight excluding hydrogens is 1790 g/mol. The summed E-state index contributed by atoms with van der Waals surface area (Å²) in [6, 6.07) is 0. The number of hydrogen-bond acceptors (Lipinski definition) is 0. The quantitative estimate of drug-likeness (QED) is 0.107. The third-order valence-corrected chi connectivity index (χ3v) is 46.7. The second-order valence-electron chi connectivity index (χ2n) is 58.3. The lowest BCUT2D eigenvalue weighted by Crippen LogP contribution is -2.37. The van der Waals surface area contributed by atoms with Gasteiger partial charge in [0.15, 0.2) is 0 Å². The fraction of sp³-hybridized carbons (Fsp3) is 1.00. The average molecular weight is 2100 g/mol. The maximum atomic E-state index is 2.60. The van der Waals surface area contributed by atoms with Gasteiger partial charge in [-0.05, 0) is 353 Å². The van der Waals surface area contributed by atoms with Gasteiger partial charge in [0.05, 0.1) is 0 Å². The van der Waals surface area contributed by atoms with Crippen LogP contribution in [0.2, 0.25) is 0 Å². The van der Waals surface area contributed by atoms with Gasteiger partial charge < -0.3 is 0 Å². The Hall–Kier alpha value is 0. The van der Waals surface area contributed by atoms with Crippen LogP contribution in [0.3, 0.4) is 0 Å². The third-order valence-electron chi connectivity index (χ3n) is 46.7. The molecule has 17 rings (SSSR count). The first-order chi connectivity index (χ1) is 66.9. The molecule has 17 aliphatic rings. The van der Waals surface area contributed by atoms with Crippen LogP contribution in [-0.4, -0.2) is 0 Å². The normalized spacial score (nSPS) is 37.4. The van der Waals surface area contributed by atoms with E-state index in [-0.39, 0.29) is 74.3 Å². The second kappa shape index (κ2) is 85.9. The molecule has 900 valence electrons. The van der Waals surface area contributed by atoms with Crippen molar-refractivity contribution in [2.75, 3.05) is 0 Å². The summed E-state index contributed by atoms with van der Waals surface area (Å²) in [5.41, 5.74) is 1.22. The van der Waals surface area contributed by atoms with Crippen molar-refractivity contribution < 1.29 is 0 Å². The predicted molar refractivity (Wildman–Crippen MR) is 692 cm³/mol. The summed E-state index contributed by atoms with van der Waals surface area (Å²) in [5.74, 6) is 35.9. The summed E-state index contributed by atoms with van der Waals surface area (Å²) >= 11 is 0. The largest absolute Gasteiger partial charge is 0.0776 e. The van der Waals surface area contributed by atoms with E-state index in [2.05, 4.69) is 166 Å². The summed E-state index contributed by atoms with van der Waals surface area (Å²) < 4.78 is 0. The van der Waals surface area contributed by atoms with E-state index in [1.165, 1.54) is 417 Å². The zero-order valence-corrected chi connectivity index (χ0v) is 100. The van der Waals surface area contributed by atoms with Crippen molar-refractivity contribution in [1.29, 1.82) is 0 Å². The Morgan fingerprint density at radius 1 is 0.134 bits per heavy atom. The molecule has 17 aliphatic carbocycles. The molecule has 0 nitrogen and oxygen atoms in total. The average Bonchev–Trinajstić information content (AvgIpc) is 0.807. The maximum Gasteiger partial charge on any atom is -0.0298 e. The minimum atomic E-state index is 0. The van der Waals surface area contributed by atoms with Gasteiger partial charge in [-0.2, -0.15) is 0 Å². The first-order valence-electron chi connectivity index (χ1n) is 66.9. The number of fused-ring (bicyclic) bond motifs is 1. The minimum absolute atomic E-state index is 0. The molecule has 0 aromatic rings. The Morgan fingerprint density at radius 2 is 0.255 bits per heavy atom. The molecule has 4 atom stereocenters. The van der Waals surface area contributed by atoms with Gasteiger partial charge in [-0.3, -0.25) is 0 Å². The Kier molecular flexibility index (Phi) is 88.2. The Bertz CT molecular complexity index is 2630. The second-order valence-corrected chi connectivity index (χ2v) is 58.3. The zero-order valence-electron chi connectivity index (χ0n) is 100. The van der Waals surface area contributed by atoms with Crippen molar-refractivity contribution in [2.24, 2.45) is 212 Å². The smallest absolute Gasteiger partial charge is 0.0298 e. The van der Waals surface area contributed by atoms with Crippen LogP contribution in [0, 0.1) is 212 Å². The highest BCUT2D eigenvalue weighted by atomic mass is 14.5. The minimum Gasteiger partial charge on any atom is -0.0776 e. The summed E-state index contributed by atoms with van der Waals surface area (Å²) in [5, 5.41) is 0. The number of hydrogen-bond donors (Lipinski definition) is 0. The molecular formula is C149H304. The monoisotopic (exact) mass is 2090 g/mol. The predicted octanol–water partition coefficient (Wildman–Crippen LogP) is 53.7. The molecule has 149 heavy (non-hydrogen) atoms. The van der Waals surface area contributed by atoms with Gasteiger partial charge in [0.2, 0.25) is 0 Å². The van der Waals surface area contributed by atoms with E-state index in [1.54, 1.807) is 89.9 Å². The third kappa shape index (κ3) is 58.6. The van der Waals surface area contributed by atoms with E-state index in [0.29, 0.717) is 10.8 Å². The molecule has 0 aromatic heterocycles. The highest BCUT2D eigenvalue weighted by Crippen LogP contribution is 2.55. The van der Waals surface area contributed by atoms with Crippen molar-refractivity contribution in [3.8, 4) is 0 Å². The molecule has 0 N–H and O–H groups in total. The summed E-state index contributed by atoms with van der Waals surface area (Å²) in [6.07, 6.45) is 119. The van der Waals surface area contributed by atoms with Crippen LogP contribution in [0.15, 0.2) is 0 Å². The lowest BCUT2D eigenvalue weighted by molar-refractivity contribution is 0.0381. The van der Waals surface area contributed by atoms with Gasteiger partial charge in [0.1, 0.15) is 0 Å². The van der Waals surface area contributed by atoms with Crippen molar-refractivity contribution in [2.45, 2.75) is 748 Å². The molecule has 0 amide bonds. The molecule has 0 saturated heterocycles. The maximum absolute atomic E-state index is 2.60. The molecule has 0 aliphatic heterocycles. The molecule has 0 heteroatoms. The molecule has 0 radical (unpaired) electrons. The summed E-state index contributed by atoms with van der Waals surface area (Å²) in [7, 11) is 0. The van der Waals surface area contributed by atoms with E-state index < -0.39 is 0 Å². The summed E-state index contributed by atoms with van der Waals surface area (Å²) in [4.78, 5) is 0. The fourth-order valence-electron chi connectivity index (χ4n) is 33.9. The highest BCUT2D eigenvalue weighted by molar-refractivity contribution is 4.94. The van der Waals surface area contributed by atoms with Crippen LogP contribution >= 0.6 is 0 Å². The van der Waals surface area contributed by atoms with E-state index in [1.807, 2.05) is 0 Å². The number of rotatable bonds is 21. The van der Waals surface area contributed by atoms with E-state index in [9.17, 15) is 0 Å². The van der Waals surface area contributed by atoms with Gasteiger partial charge in [-0.25, -0.2) is 0 Å².